The fourth-order valence-electron chi connectivity index (χ4n) is 2.39. The summed E-state index contributed by atoms with van der Waals surface area (Å²) in [5.74, 6) is 0.106. The summed E-state index contributed by atoms with van der Waals surface area (Å²) >= 11 is 0. The van der Waals surface area contributed by atoms with Gasteiger partial charge in [-0.2, -0.15) is 5.10 Å². The number of amides is 1. The maximum atomic E-state index is 11.4. The highest BCUT2D eigenvalue weighted by molar-refractivity contribution is 5.75. The van der Waals surface area contributed by atoms with Crippen LogP contribution in [-0.4, -0.2) is 21.0 Å². The molecule has 1 amide bonds. The van der Waals surface area contributed by atoms with Crippen LogP contribution in [0.5, 0.6) is 0 Å². The predicted molar refractivity (Wildman–Crippen MR) is 68.7 cm³/mol. The smallest absolute Gasteiger partial charge is 0.220 e. The van der Waals surface area contributed by atoms with Crippen molar-refractivity contribution in [1.29, 1.82) is 0 Å². The Bertz CT molecular complexity index is 615. The van der Waals surface area contributed by atoms with Crippen LogP contribution >= 0.6 is 0 Å². The second-order valence-corrected chi connectivity index (χ2v) is 4.77. The molecule has 0 aliphatic carbocycles. The number of benzene rings is 1. The normalized spacial score (nSPS) is 13.8. The van der Waals surface area contributed by atoms with E-state index in [1.807, 2.05) is 11.0 Å². The molecule has 4 heteroatoms. The van der Waals surface area contributed by atoms with Crippen molar-refractivity contribution in [2.75, 3.05) is 0 Å². The Morgan fingerprint density at radius 2 is 2.22 bits per heavy atom. The van der Waals surface area contributed by atoms with E-state index in [9.17, 15) is 4.79 Å². The average Bonchev–Trinajstić information content (AvgIpc) is 2.87. The summed E-state index contributed by atoms with van der Waals surface area (Å²) in [6.07, 6.45) is 0. The average molecular weight is 241 g/mol. The highest BCUT2D eigenvalue weighted by Gasteiger charge is 2.26. The van der Waals surface area contributed by atoms with Crippen LogP contribution in [0.2, 0.25) is 0 Å². The lowest BCUT2D eigenvalue weighted by atomic mass is 10.1. The molecule has 1 N–H and O–H groups in total. The minimum Gasteiger partial charge on any atom is -0.333 e. The third-order valence-electron chi connectivity index (χ3n) is 3.39. The van der Waals surface area contributed by atoms with Gasteiger partial charge in [-0.1, -0.05) is 23.8 Å². The summed E-state index contributed by atoms with van der Waals surface area (Å²) in [5, 5.41) is 7.43. The van der Waals surface area contributed by atoms with Crippen molar-refractivity contribution in [3.8, 4) is 11.3 Å². The molecule has 0 saturated carbocycles. The van der Waals surface area contributed by atoms with Gasteiger partial charge in [0.05, 0.1) is 24.5 Å². The summed E-state index contributed by atoms with van der Waals surface area (Å²) < 4.78 is 0. The molecule has 3 rings (SSSR count). The van der Waals surface area contributed by atoms with Crippen molar-refractivity contribution in [2.45, 2.75) is 26.9 Å². The zero-order valence-electron chi connectivity index (χ0n) is 10.5. The van der Waals surface area contributed by atoms with Crippen molar-refractivity contribution < 1.29 is 4.79 Å². The molecule has 0 unspecified atom stereocenters. The molecule has 0 atom stereocenters. The number of nitrogens with zero attached hydrogens (tertiary/aromatic N) is 2. The van der Waals surface area contributed by atoms with Crippen LogP contribution in [0.25, 0.3) is 11.3 Å². The fourth-order valence-corrected chi connectivity index (χ4v) is 2.39. The molecule has 0 bridgehead atoms. The van der Waals surface area contributed by atoms with Gasteiger partial charge in [-0.05, 0) is 13.0 Å². The summed E-state index contributed by atoms with van der Waals surface area (Å²) in [6, 6.07) is 8.27. The Morgan fingerprint density at radius 1 is 1.39 bits per heavy atom. The molecule has 92 valence electrons. The van der Waals surface area contributed by atoms with E-state index in [4.69, 9.17) is 0 Å². The number of aromatic nitrogens is 2. The van der Waals surface area contributed by atoms with Crippen molar-refractivity contribution in [3.63, 3.8) is 0 Å². The van der Waals surface area contributed by atoms with Crippen LogP contribution in [0.4, 0.5) is 0 Å². The van der Waals surface area contributed by atoms with Gasteiger partial charge < -0.3 is 4.90 Å². The van der Waals surface area contributed by atoms with E-state index in [0.717, 1.165) is 22.5 Å². The molecule has 1 aromatic heterocycles. The van der Waals surface area contributed by atoms with Gasteiger partial charge in [-0.3, -0.25) is 9.89 Å². The number of H-pyrrole nitrogens is 1. The summed E-state index contributed by atoms with van der Waals surface area (Å²) in [4.78, 5) is 13.2. The van der Waals surface area contributed by atoms with Gasteiger partial charge in [0.15, 0.2) is 0 Å². The maximum absolute atomic E-state index is 11.4. The van der Waals surface area contributed by atoms with Gasteiger partial charge in [0.1, 0.15) is 0 Å². The first kappa shape index (κ1) is 11.0. The van der Waals surface area contributed by atoms with E-state index in [1.165, 1.54) is 5.56 Å². The third-order valence-corrected chi connectivity index (χ3v) is 3.39. The van der Waals surface area contributed by atoms with Crippen molar-refractivity contribution in [2.24, 2.45) is 0 Å². The largest absolute Gasteiger partial charge is 0.333 e. The highest BCUT2D eigenvalue weighted by atomic mass is 16.2. The number of aryl methyl sites for hydroxylation is 1. The topological polar surface area (TPSA) is 49.0 Å². The van der Waals surface area contributed by atoms with Crippen molar-refractivity contribution in [3.05, 3.63) is 41.1 Å². The van der Waals surface area contributed by atoms with Crippen LogP contribution in [0.15, 0.2) is 24.3 Å². The lowest BCUT2D eigenvalue weighted by molar-refractivity contribution is -0.129. The van der Waals surface area contributed by atoms with Crippen LogP contribution in [-0.2, 0) is 17.9 Å². The van der Waals surface area contributed by atoms with E-state index in [2.05, 4.69) is 35.3 Å². The SMILES string of the molecule is CC(=O)N1Cc2[nH]nc(-c3cccc(C)c3)c2C1. The number of aromatic amines is 1. The molecule has 0 fully saturated rings. The van der Waals surface area contributed by atoms with E-state index < -0.39 is 0 Å². The quantitative estimate of drug-likeness (QED) is 0.832. The van der Waals surface area contributed by atoms with Crippen molar-refractivity contribution in [1.82, 2.24) is 15.1 Å². The molecule has 1 aliphatic rings. The van der Waals surface area contributed by atoms with Crippen LogP contribution in [0, 0.1) is 6.92 Å². The molecule has 4 nitrogen and oxygen atoms in total. The zero-order valence-corrected chi connectivity index (χ0v) is 10.5. The van der Waals surface area contributed by atoms with Crippen LogP contribution in [0.1, 0.15) is 23.7 Å². The van der Waals surface area contributed by atoms with Gasteiger partial charge in [-0.15, -0.1) is 0 Å². The van der Waals surface area contributed by atoms with Gasteiger partial charge in [0.2, 0.25) is 5.91 Å². The van der Waals surface area contributed by atoms with Crippen molar-refractivity contribution >= 4 is 5.91 Å². The zero-order chi connectivity index (χ0) is 12.7. The number of carbonyl (C=O) groups is 1. The molecule has 1 aromatic carbocycles. The summed E-state index contributed by atoms with van der Waals surface area (Å²) in [7, 11) is 0. The lowest BCUT2D eigenvalue weighted by Crippen LogP contribution is -2.22. The molecule has 18 heavy (non-hydrogen) atoms. The van der Waals surface area contributed by atoms with Gasteiger partial charge >= 0.3 is 0 Å². The molecule has 0 saturated heterocycles. The first-order chi connectivity index (χ1) is 8.65. The second-order valence-electron chi connectivity index (χ2n) is 4.77. The number of carbonyl (C=O) groups excluding carboxylic acids is 1. The Kier molecular flexibility index (Phi) is 2.44. The molecule has 1 aliphatic heterocycles. The highest BCUT2D eigenvalue weighted by Crippen LogP contribution is 2.30. The predicted octanol–water partition coefficient (Wildman–Crippen LogP) is 2.25. The van der Waals surface area contributed by atoms with Gasteiger partial charge in [-0.25, -0.2) is 0 Å². The van der Waals surface area contributed by atoms with Crippen LogP contribution < -0.4 is 0 Å². The fraction of sp³-hybridized carbons (Fsp3) is 0.286. The van der Waals surface area contributed by atoms with E-state index in [0.29, 0.717) is 13.1 Å². The second kappa shape index (κ2) is 3.98. The van der Waals surface area contributed by atoms with E-state index in [1.54, 1.807) is 6.92 Å². The molecule has 2 heterocycles. The number of nitrogens with one attached hydrogen (secondary N) is 1. The molecule has 0 spiro atoms. The Hall–Kier alpha value is -2.10. The van der Waals surface area contributed by atoms with Gasteiger partial charge in [0, 0.05) is 18.1 Å². The maximum Gasteiger partial charge on any atom is 0.220 e. The lowest BCUT2D eigenvalue weighted by Gasteiger charge is -2.12. The first-order valence-electron chi connectivity index (χ1n) is 6.04. The van der Waals surface area contributed by atoms with E-state index >= 15 is 0 Å². The number of fused-ring (bicyclic) bond motifs is 1. The summed E-state index contributed by atoms with van der Waals surface area (Å²) in [5.41, 5.74) is 5.50. The molecule has 0 radical (unpaired) electrons. The molecular formula is C14H15N3O. The number of hydrogen-bond acceptors (Lipinski definition) is 2. The number of rotatable bonds is 1. The van der Waals surface area contributed by atoms with Crippen LogP contribution in [0.3, 0.4) is 0 Å². The van der Waals surface area contributed by atoms with Gasteiger partial charge in [0.25, 0.3) is 0 Å². The molecule has 2 aromatic rings. The Balaban J connectivity index is 2.00. The monoisotopic (exact) mass is 241 g/mol. The third kappa shape index (κ3) is 1.70. The minimum atomic E-state index is 0.106. The minimum absolute atomic E-state index is 0.106. The molecular weight excluding hydrogens is 226 g/mol. The Morgan fingerprint density at radius 3 is 2.94 bits per heavy atom. The summed E-state index contributed by atoms with van der Waals surface area (Å²) in [6.45, 7) is 4.97. The Labute approximate surface area is 106 Å². The number of hydrogen-bond donors (Lipinski definition) is 1. The first-order valence-corrected chi connectivity index (χ1v) is 6.04. The standard InChI is InChI=1S/C14H15N3O/c1-9-4-3-5-11(6-9)14-12-7-17(10(2)18)8-13(12)15-16-14/h3-6H,7-8H2,1-2H3,(H,15,16). The van der Waals surface area contributed by atoms with E-state index in [-0.39, 0.29) is 5.91 Å².